The molecule has 0 atom stereocenters. The van der Waals surface area contributed by atoms with Gasteiger partial charge in [-0.2, -0.15) is 0 Å². The van der Waals surface area contributed by atoms with Crippen molar-refractivity contribution < 1.29 is 0 Å². The van der Waals surface area contributed by atoms with Crippen LogP contribution < -0.4 is 0 Å². The van der Waals surface area contributed by atoms with Gasteiger partial charge >= 0.3 is 0 Å². The zero-order valence-corrected chi connectivity index (χ0v) is 42.2. The molecular weight excluding hydrogens is 721 g/mol. The van der Waals surface area contributed by atoms with E-state index in [1.165, 1.54) is 308 Å². The maximum atomic E-state index is 4.28. The van der Waals surface area contributed by atoms with Crippen molar-refractivity contribution in [2.75, 3.05) is 0 Å². The van der Waals surface area contributed by atoms with E-state index in [1.807, 2.05) is 0 Å². The van der Waals surface area contributed by atoms with E-state index in [1.54, 1.807) is 22.3 Å². The van der Waals surface area contributed by atoms with Crippen molar-refractivity contribution in [1.29, 1.82) is 0 Å². The molecule has 1 aromatic carbocycles. The van der Waals surface area contributed by atoms with Crippen LogP contribution in [0.25, 0.3) is 0 Å². The van der Waals surface area contributed by atoms with Gasteiger partial charge < -0.3 is 0 Å². The van der Waals surface area contributed by atoms with Crippen LogP contribution in [0.15, 0.2) is 12.1 Å². The maximum Gasteiger partial charge on any atom is -0.0273 e. The van der Waals surface area contributed by atoms with Crippen LogP contribution in [0.2, 0.25) is 0 Å². The van der Waals surface area contributed by atoms with Crippen molar-refractivity contribution in [3.8, 4) is 0 Å². The summed E-state index contributed by atoms with van der Waals surface area (Å²) in [4.78, 5) is 0. The fraction of sp³-hybridized carbons (Fsp3) is 0.883. The molecular formula is C60H113. The lowest BCUT2D eigenvalue weighted by molar-refractivity contribution is 0.530. The maximum absolute atomic E-state index is 4.28. The molecule has 0 saturated heterocycles. The average Bonchev–Trinajstić information content (AvgIpc) is 3.25. The minimum atomic E-state index is 1.02. The van der Waals surface area contributed by atoms with Gasteiger partial charge in [0.15, 0.2) is 0 Å². The highest BCUT2D eigenvalue weighted by atomic mass is 14.2. The van der Waals surface area contributed by atoms with E-state index in [4.69, 9.17) is 0 Å². The van der Waals surface area contributed by atoms with Gasteiger partial charge in [0.25, 0.3) is 0 Å². The molecule has 1 radical (unpaired) electrons. The van der Waals surface area contributed by atoms with E-state index < -0.39 is 0 Å². The summed E-state index contributed by atoms with van der Waals surface area (Å²) in [6.07, 6.45) is 71.3. The van der Waals surface area contributed by atoms with Crippen LogP contribution in [0, 0.1) is 6.92 Å². The minimum Gasteiger partial charge on any atom is -0.0654 e. The Morgan fingerprint density at radius 2 is 0.450 bits per heavy atom. The van der Waals surface area contributed by atoms with Crippen LogP contribution in [-0.4, -0.2) is 0 Å². The Morgan fingerprint density at radius 3 is 0.667 bits per heavy atom. The highest BCUT2D eigenvalue weighted by molar-refractivity contribution is 5.40. The van der Waals surface area contributed by atoms with Gasteiger partial charge in [0.05, 0.1) is 0 Å². The fourth-order valence-corrected chi connectivity index (χ4v) is 10.0. The standard InChI is InChI=1S/C60H113/c1-5-9-12-15-18-21-24-27-30-33-36-39-42-45-48-52-58-55-57(51-8-4)56-59(53-49-46-43-40-37-34-31-28-25-22-19-16-13-10-6-2)60(58)54-50-47-44-41-38-35-32-29-26-23-20-17-14-11-7-3/h55-56H,4-54H2,1-3H3. The van der Waals surface area contributed by atoms with Crippen molar-refractivity contribution in [2.24, 2.45) is 0 Å². The van der Waals surface area contributed by atoms with Crippen molar-refractivity contribution >= 4 is 0 Å². The summed E-state index contributed by atoms with van der Waals surface area (Å²) >= 11 is 0. The molecule has 0 heterocycles. The van der Waals surface area contributed by atoms with Crippen molar-refractivity contribution in [2.45, 2.75) is 342 Å². The molecule has 1 aromatic rings. The molecule has 0 nitrogen and oxygen atoms in total. The molecule has 0 spiro atoms. The normalized spacial score (nSPS) is 11.7. The van der Waals surface area contributed by atoms with Gasteiger partial charge in [0.1, 0.15) is 0 Å². The first-order valence-electron chi connectivity index (χ1n) is 28.7. The lowest BCUT2D eigenvalue weighted by Crippen LogP contribution is -2.04. The molecule has 0 unspecified atom stereocenters. The van der Waals surface area contributed by atoms with Gasteiger partial charge in [-0.3, -0.25) is 0 Å². The molecule has 60 heavy (non-hydrogen) atoms. The second-order valence-electron chi connectivity index (χ2n) is 20.1. The third-order valence-corrected chi connectivity index (χ3v) is 14.1. The predicted octanol–water partition coefficient (Wildman–Crippen LogP) is 21.7. The topological polar surface area (TPSA) is 0 Å². The lowest BCUT2D eigenvalue weighted by Gasteiger charge is -2.18. The molecule has 0 aliphatic rings. The largest absolute Gasteiger partial charge is 0.0654 e. The van der Waals surface area contributed by atoms with Crippen molar-refractivity contribution in [1.82, 2.24) is 0 Å². The first kappa shape index (κ1) is 57.2. The SMILES string of the molecule is [CH2]CCc1cc(CCCCCCCCCCCCCCCCC)c(CCCCCCCCCCCCCCCCC)c(CCCCCCCCCCCCCCCCC)c1. The Hall–Kier alpha value is -0.780. The number of hydrogen-bond acceptors (Lipinski definition) is 0. The molecule has 0 aromatic heterocycles. The Balaban J connectivity index is 2.49. The van der Waals surface area contributed by atoms with Gasteiger partial charge in [0.2, 0.25) is 0 Å². The zero-order valence-electron chi connectivity index (χ0n) is 42.2. The molecule has 0 fully saturated rings. The monoisotopic (exact) mass is 834 g/mol. The Kier molecular flexibility index (Phi) is 45.5. The summed E-state index contributed by atoms with van der Waals surface area (Å²) in [6.45, 7) is 11.2. The average molecular weight is 835 g/mol. The second-order valence-corrected chi connectivity index (χ2v) is 20.1. The molecule has 353 valence electrons. The summed E-state index contributed by atoms with van der Waals surface area (Å²) in [6, 6.07) is 5.29. The van der Waals surface area contributed by atoms with Crippen LogP contribution in [0.5, 0.6) is 0 Å². The first-order chi connectivity index (χ1) is 29.8. The lowest BCUT2D eigenvalue weighted by atomic mass is 9.87. The Labute approximate surface area is 381 Å². The third kappa shape index (κ3) is 37.7. The third-order valence-electron chi connectivity index (χ3n) is 14.1. The summed E-state index contributed by atoms with van der Waals surface area (Å²) < 4.78 is 0. The van der Waals surface area contributed by atoms with E-state index in [0.717, 1.165) is 12.8 Å². The van der Waals surface area contributed by atoms with Gasteiger partial charge in [0, 0.05) is 0 Å². The molecule has 0 bridgehead atoms. The molecule has 0 amide bonds. The smallest absolute Gasteiger partial charge is 0.0273 e. The van der Waals surface area contributed by atoms with Crippen LogP contribution >= 0.6 is 0 Å². The fourth-order valence-electron chi connectivity index (χ4n) is 10.0. The quantitative estimate of drug-likeness (QED) is 0.0574. The van der Waals surface area contributed by atoms with Gasteiger partial charge in [-0.15, -0.1) is 0 Å². The number of aryl methyl sites for hydroxylation is 3. The molecule has 0 saturated carbocycles. The molecule has 1 rings (SSSR count). The van der Waals surface area contributed by atoms with E-state index in [9.17, 15) is 0 Å². The number of benzene rings is 1. The van der Waals surface area contributed by atoms with Gasteiger partial charge in [-0.25, -0.2) is 0 Å². The zero-order chi connectivity index (χ0) is 43.1. The predicted molar refractivity (Wildman–Crippen MR) is 276 cm³/mol. The van der Waals surface area contributed by atoms with Gasteiger partial charge in [-0.1, -0.05) is 310 Å². The minimum absolute atomic E-state index is 1.02. The molecule has 0 aliphatic heterocycles. The summed E-state index contributed by atoms with van der Waals surface area (Å²) in [5.74, 6) is 0. The highest BCUT2D eigenvalue weighted by Crippen LogP contribution is 2.27. The van der Waals surface area contributed by atoms with Crippen LogP contribution in [0.3, 0.4) is 0 Å². The number of hydrogen-bond donors (Lipinski definition) is 0. The van der Waals surface area contributed by atoms with E-state index >= 15 is 0 Å². The van der Waals surface area contributed by atoms with Crippen LogP contribution in [0.4, 0.5) is 0 Å². The summed E-state index contributed by atoms with van der Waals surface area (Å²) in [7, 11) is 0. The Bertz CT molecular complexity index is 902. The highest BCUT2D eigenvalue weighted by Gasteiger charge is 2.12. The van der Waals surface area contributed by atoms with Crippen molar-refractivity contribution in [3.63, 3.8) is 0 Å². The van der Waals surface area contributed by atoms with Crippen LogP contribution in [-0.2, 0) is 25.7 Å². The van der Waals surface area contributed by atoms with Crippen LogP contribution in [0.1, 0.15) is 338 Å². The van der Waals surface area contributed by atoms with E-state index in [0.29, 0.717) is 0 Å². The van der Waals surface area contributed by atoms with E-state index in [-0.39, 0.29) is 0 Å². The molecule has 0 aliphatic carbocycles. The van der Waals surface area contributed by atoms with Gasteiger partial charge in [-0.05, 0) is 73.6 Å². The number of unbranched alkanes of at least 4 members (excludes halogenated alkanes) is 42. The molecule has 0 heteroatoms. The van der Waals surface area contributed by atoms with E-state index in [2.05, 4.69) is 39.8 Å². The summed E-state index contributed by atoms with van der Waals surface area (Å²) in [5.41, 5.74) is 6.83. The number of rotatable bonds is 50. The summed E-state index contributed by atoms with van der Waals surface area (Å²) in [5, 5.41) is 0. The first-order valence-corrected chi connectivity index (χ1v) is 28.7. The van der Waals surface area contributed by atoms with Crippen molar-refractivity contribution in [3.05, 3.63) is 41.3 Å². The molecule has 0 N–H and O–H groups in total. The second kappa shape index (κ2) is 47.7. The Morgan fingerprint density at radius 1 is 0.250 bits per heavy atom.